The lowest BCUT2D eigenvalue weighted by atomic mass is 9.98. The van der Waals surface area contributed by atoms with Crippen LogP contribution in [0.25, 0.3) is 0 Å². The highest BCUT2D eigenvalue weighted by Gasteiger charge is 2.34. The number of unbranched alkanes of at least 4 members (excludes halogenated alkanes) is 9. The summed E-state index contributed by atoms with van der Waals surface area (Å²) in [5, 5.41) is 52.1. The molecule has 5 unspecified atom stereocenters. The largest absolute Gasteiger partial charge is 0.455 e. The van der Waals surface area contributed by atoms with Gasteiger partial charge in [0.05, 0.1) is 42.7 Å². The van der Waals surface area contributed by atoms with Gasteiger partial charge in [-0.25, -0.2) is 4.79 Å². The van der Waals surface area contributed by atoms with Crippen molar-refractivity contribution >= 4 is 5.97 Å². The fourth-order valence-corrected chi connectivity index (χ4v) is 6.44. The first-order chi connectivity index (χ1) is 20.7. The van der Waals surface area contributed by atoms with Crippen molar-refractivity contribution in [2.75, 3.05) is 0 Å². The van der Waals surface area contributed by atoms with Gasteiger partial charge in [-0.05, 0) is 83.6 Å². The van der Waals surface area contributed by atoms with Crippen molar-refractivity contribution in [1.82, 2.24) is 0 Å². The van der Waals surface area contributed by atoms with E-state index in [1.165, 1.54) is 51.4 Å². The Morgan fingerprint density at radius 3 is 1.67 bits per heavy atom. The van der Waals surface area contributed by atoms with E-state index in [4.69, 9.17) is 9.47 Å². The van der Waals surface area contributed by atoms with Crippen molar-refractivity contribution in [3.05, 3.63) is 11.6 Å². The molecule has 2 rings (SSSR count). The van der Waals surface area contributed by atoms with E-state index in [1.54, 1.807) is 13.0 Å². The molecule has 1 saturated heterocycles. The topological polar surface area (TPSA) is 137 Å². The molecular formula is C35H64O8. The second-order valence-corrected chi connectivity index (χ2v) is 13.3. The Balaban J connectivity index is 1.45. The number of carbonyl (C=O) groups excluding carboxylic acids is 1. The Bertz CT molecular complexity index is 758. The average molecular weight is 613 g/mol. The van der Waals surface area contributed by atoms with E-state index in [-0.39, 0.29) is 30.7 Å². The summed E-state index contributed by atoms with van der Waals surface area (Å²) in [5.41, 5.74) is 0.524. The zero-order valence-electron chi connectivity index (χ0n) is 27.2. The van der Waals surface area contributed by atoms with Gasteiger partial charge in [-0.1, -0.05) is 71.1 Å². The average Bonchev–Trinajstić information content (AvgIpc) is 3.59. The number of cyclic esters (lactones) is 1. The molecule has 2 aliphatic rings. The van der Waals surface area contributed by atoms with Crippen LogP contribution in [0.3, 0.4) is 0 Å². The minimum atomic E-state index is -0.647. The fourth-order valence-electron chi connectivity index (χ4n) is 6.44. The SMILES string of the molecule is CCCCCCCCCCCC[C@@H](O)C1CCC([C@H](O)CCC(O)CCCC(O)CCC[C@@H](O)CC2=CC(C)OC2=O)O1. The van der Waals surface area contributed by atoms with Crippen LogP contribution in [0, 0.1) is 0 Å². The Morgan fingerprint density at radius 2 is 1.14 bits per heavy atom. The maximum Gasteiger partial charge on any atom is 0.334 e. The first-order valence-electron chi connectivity index (χ1n) is 17.7. The molecule has 0 aromatic heterocycles. The van der Waals surface area contributed by atoms with E-state index in [9.17, 15) is 30.3 Å². The standard InChI is InChI=1S/C35H64O8/c1-3-4-5-6-7-8-9-10-11-12-19-31(39)33-22-23-34(43-33)32(40)21-20-29(37)17-13-15-28(36)16-14-18-30(38)25-27-24-26(2)42-35(27)41/h24,26,28-34,36-40H,3-23,25H2,1-2H3/t26?,28?,29?,30-,31-,32-,33?,34?/m1/s1. The zero-order valence-corrected chi connectivity index (χ0v) is 27.2. The predicted molar refractivity (Wildman–Crippen MR) is 170 cm³/mol. The van der Waals surface area contributed by atoms with Crippen LogP contribution < -0.4 is 0 Å². The monoisotopic (exact) mass is 612 g/mol. The quantitative estimate of drug-likeness (QED) is 0.0590. The maximum atomic E-state index is 11.7. The molecule has 1 fully saturated rings. The second kappa shape index (κ2) is 22.5. The summed E-state index contributed by atoms with van der Waals surface area (Å²) < 4.78 is 11.1. The second-order valence-electron chi connectivity index (χ2n) is 13.3. The molecule has 0 spiro atoms. The molecule has 43 heavy (non-hydrogen) atoms. The van der Waals surface area contributed by atoms with Gasteiger partial charge in [-0.3, -0.25) is 0 Å². The highest BCUT2D eigenvalue weighted by atomic mass is 16.5. The summed E-state index contributed by atoms with van der Waals surface area (Å²) in [6, 6.07) is 0. The number of aliphatic hydroxyl groups excluding tert-OH is 5. The van der Waals surface area contributed by atoms with E-state index in [0.717, 1.165) is 32.1 Å². The van der Waals surface area contributed by atoms with Gasteiger partial charge in [0, 0.05) is 12.0 Å². The Morgan fingerprint density at radius 1 is 0.651 bits per heavy atom. The third kappa shape index (κ3) is 16.7. The molecule has 0 amide bonds. The smallest absolute Gasteiger partial charge is 0.334 e. The van der Waals surface area contributed by atoms with Gasteiger partial charge in [0.2, 0.25) is 0 Å². The zero-order chi connectivity index (χ0) is 31.5. The molecule has 8 atom stereocenters. The first-order valence-corrected chi connectivity index (χ1v) is 17.7. The first kappa shape index (κ1) is 38.2. The van der Waals surface area contributed by atoms with Gasteiger partial charge in [-0.2, -0.15) is 0 Å². The molecule has 8 heteroatoms. The van der Waals surface area contributed by atoms with Crippen LogP contribution in [0.5, 0.6) is 0 Å². The molecule has 252 valence electrons. The summed E-state index contributed by atoms with van der Waals surface area (Å²) in [4.78, 5) is 11.7. The highest BCUT2D eigenvalue weighted by Crippen LogP contribution is 2.28. The summed E-state index contributed by atoms with van der Waals surface area (Å²) in [5.74, 6) is -0.355. The summed E-state index contributed by atoms with van der Waals surface area (Å²) in [6.45, 7) is 4.04. The normalized spacial score (nSPS) is 24.0. The van der Waals surface area contributed by atoms with Crippen molar-refractivity contribution in [2.45, 2.75) is 204 Å². The van der Waals surface area contributed by atoms with Crippen LogP contribution in [-0.4, -0.2) is 80.3 Å². The van der Waals surface area contributed by atoms with Gasteiger partial charge in [-0.15, -0.1) is 0 Å². The van der Waals surface area contributed by atoms with Gasteiger partial charge in [0.15, 0.2) is 0 Å². The molecule has 0 aromatic carbocycles. The van der Waals surface area contributed by atoms with Crippen LogP contribution in [0.15, 0.2) is 11.6 Å². The predicted octanol–water partition coefficient (Wildman–Crippen LogP) is 6.03. The van der Waals surface area contributed by atoms with Crippen molar-refractivity contribution < 1.29 is 39.8 Å². The van der Waals surface area contributed by atoms with E-state index in [0.29, 0.717) is 56.9 Å². The summed E-state index contributed by atoms with van der Waals surface area (Å²) in [7, 11) is 0. The summed E-state index contributed by atoms with van der Waals surface area (Å²) >= 11 is 0. The molecule has 2 aliphatic heterocycles. The lowest BCUT2D eigenvalue weighted by Crippen LogP contribution is -2.31. The lowest BCUT2D eigenvalue weighted by Gasteiger charge is -2.23. The molecule has 5 N–H and O–H groups in total. The van der Waals surface area contributed by atoms with Gasteiger partial charge in [0.1, 0.15) is 6.10 Å². The van der Waals surface area contributed by atoms with Crippen molar-refractivity contribution in [2.24, 2.45) is 0 Å². The van der Waals surface area contributed by atoms with Crippen molar-refractivity contribution in [3.8, 4) is 0 Å². The van der Waals surface area contributed by atoms with E-state index >= 15 is 0 Å². The number of aliphatic hydroxyl groups is 5. The Kier molecular flexibility index (Phi) is 19.9. The van der Waals surface area contributed by atoms with Crippen LogP contribution in [0.4, 0.5) is 0 Å². The molecule has 0 saturated carbocycles. The maximum absolute atomic E-state index is 11.7. The molecule has 2 heterocycles. The molecule has 8 nitrogen and oxygen atoms in total. The van der Waals surface area contributed by atoms with Crippen LogP contribution in [-0.2, 0) is 14.3 Å². The Hall–Kier alpha value is -1.03. The minimum absolute atomic E-state index is 0.203. The fraction of sp³-hybridized carbons (Fsp3) is 0.914. The number of carbonyl (C=O) groups is 1. The number of esters is 1. The van der Waals surface area contributed by atoms with E-state index in [2.05, 4.69) is 6.92 Å². The Labute approximate surface area is 261 Å². The number of hydrogen-bond acceptors (Lipinski definition) is 8. The summed E-state index contributed by atoms with van der Waals surface area (Å²) in [6.07, 6.45) is 18.0. The third-order valence-corrected chi connectivity index (χ3v) is 9.19. The van der Waals surface area contributed by atoms with Gasteiger partial charge in [0.25, 0.3) is 0 Å². The van der Waals surface area contributed by atoms with Gasteiger partial charge >= 0.3 is 5.97 Å². The number of ether oxygens (including phenoxy) is 2. The van der Waals surface area contributed by atoms with E-state index in [1.807, 2.05) is 0 Å². The molecule has 0 aromatic rings. The molecule has 0 radical (unpaired) electrons. The van der Waals surface area contributed by atoms with Gasteiger partial charge < -0.3 is 35.0 Å². The van der Waals surface area contributed by atoms with Crippen molar-refractivity contribution in [1.29, 1.82) is 0 Å². The highest BCUT2D eigenvalue weighted by molar-refractivity contribution is 5.90. The van der Waals surface area contributed by atoms with Crippen molar-refractivity contribution in [3.63, 3.8) is 0 Å². The number of hydrogen-bond donors (Lipinski definition) is 5. The number of rotatable bonds is 26. The molecule has 0 bridgehead atoms. The van der Waals surface area contributed by atoms with Crippen LogP contribution in [0.1, 0.15) is 155 Å². The van der Waals surface area contributed by atoms with E-state index < -0.39 is 30.5 Å². The molecular weight excluding hydrogens is 548 g/mol. The molecule has 0 aliphatic carbocycles. The van der Waals surface area contributed by atoms with Crippen LogP contribution >= 0.6 is 0 Å². The minimum Gasteiger partial charge on any atom is -0.455 e. The lowest BCUT2D eigenvalue weighted by molar-refractivity contribution is -0.139. The third-order valence-electron chi connectivity index (χ3n) is 9.19. The van der Waals surface area contributed by atoms with Crippen LogP contribution in [0.2, 0.25) is 0 Å².